The molecule has 1 unspecified atom stereocenters. The molecule has 1 fully saturated rings. The number of benzene rings is 1. The topological polar surface area (TPSA) is 42.8 Å². The summed E-state index contributed by atoms with van der Waals surface area (Å²) in [6.45, 7) is 12.7. The zero-order valence-corrected chi connectivity index (χ0v) is 18.2. The van der Waals surface area contributed by atoms with Crippen LogP contribution < -0.4 is 4.90 Å². The van der Waals surface area contributed by atoms with Crippen molar-refractivity contribution in [2.45, 2.75) is 45.4 Å². The lowest BCUT2D eigenvalue weighted by Gasteiger charge is -2.47. The van der Waals surface area contributed by atoms with Gasteiger partial charge in [0.05, 0.1) is 0 Å². The van der Waals surface area contributed by atoms with E-state index in [1.807, 2.05) is 30.0 Å². The summed E-state index contributed by atoms with van der Waals surface area (Å²) in [5, 5.41) is 10.6. The van der Waals surface area contributed by atoms with Gasteiger partial charge < -0.3 is 14.9 Å². The molecule has 1 aliphatic heterocycles. The molecule has 1 saturated heterocycles. The first kappa shape index (κ1) is 21.8. The third-order valence-corrected chi connectivity index (χ3v) is 6.01. The van der Waals surface area contributed by atoms with Gasteiger partial charge in [0, 0.05) is 51.0 Å². The van der Waals surface area contributed by atoms with Crippen LogP contribution in [-0.2, 0) is 6.42 Å². The molecular formula is C24H36N4O. The van der Waals surface area contributed by atoms with Crippen LogP contribution >= 0.6 is 0 Å². The Bertz CT molecular complexity index is 714. The second-order valence-electron chi connectivity index (χ2n) is 8.58. The van der Waals surface area contributed by atoms with Crippen molar-refractivity contribution in [2.24, 2.45) is 0 Å². The van der Waals surface area contributed by atoms with E-state index in [9.17, 15) is 5.11 Å². The number of piperazine rings is 1. The summed E-state index contributed by atoms with van der Waals surface area (Å²) in [5.74, 6) is 0.844. The Morgan fingerprint density at radius 3 is 2.34 bits per heavy atom. The van der Waals surface area contributed by atoms with E-state index in [0.29, 0.717) is 6.42 Å². The van der Waals surface area contributed by atoms with Crippen molar-refractivity contribution in [3.05, 3.63) is 60.3 Å². The number of anilines is 1. The highest BCUT2D eigenvalue weighted by molar-refractivity contribution is 5.39. The van der Waals surface area contributed by atoms with Gasteiger partial charge in [0.2, 0.25) is 0 Å². The summed E-state index contributed by atoms with van der Waals surface area (Å²) < 4.78 is 0. The van der Waals surface area contributed by atoms with Crippen molar-refractivity contribution in [1.29, 1.82) is 0 Å². The van der Waals surface area contributed by atoms with Crippen molar-refractivity contribution in [3.8, 4) is 0 Å². The lowest BCUT2D eigenvalue weighted by molar-refractivity contribution is 0.0479. The van der Waals surface area contributed by atoms with Crippen LogP contribution in [0.2, 0.25) is 0 Å². The molecule has 1 aromatic carbocycles. The smallest absolute Gasteiger partial charge is 0.130 e. The molecule has 5 nitrogen and oxygen atoms in total. The first-order valence-electron chi connectivity index (χ1n) is 10.9. The van der Waals surface area contributed by atoms with Gasteiger partial charge in [-0.15, -0.1) is 0 Å². The molecule has 1 atom stereocenters. The van der Waals surface area contributed by atoms with Gasteiger partial charge in [-0.25, -0.2) is 4.98 Å². The van der Waals surface area contributed by atoms with Gasteiger partial charge in [-0.3, -0.25) is 4.90 Å². The zero-order chi connectivity index (χ0) is 20.7. The van der Waals surface area contributed by atoms with E-state index in [0.717, 1.165) is 51.5 Å². The first-order valence-corrected chi connectivity index (χ1v) is 10.9. The van der Waals surface area contributed by atoms with Crippen LogP contribution in [0.1, 0.15) is 32.8 Å². The van der Waals surface area contributed by atoms with E-state index in [1.165, 1.54) is 5.56 Å². The molecule has 3 rings (SSSR count). The first-order chi connectivity index (χ1) is 14.0. The fourth-order valence-corrected chi connectivity index (χ4v) is 4.11. The van der Waals surface area contributed by atoms with Crippen molar-refractivity contribution < 1.29 is 5.11 Å². The van der Waals surface area contributed by atoms with Gasteiger partial charge in [0.25, 0.3) is 0 Å². The maximum Gasteiger partial charge on any atom is 0.130 e. The Balaban J connectivity index is 1.55. The van der Waals surface area contributed by atoms with Gasteiger partial charge in [0.1, 0.15) is 12.0 Å². The molecule has 0 bridgehead atoms. The standard InChI is InChI=1S/C24H36N4O/c1-4-23(29)28(22-12-8-9-14-25-22)20-24(2,3)27-18-16-26(17-19-27)15-13-21-10-6-5-7-11-21/h5-12,14,23,29H,4,13,15-20H2,1-3H3. The number of nitrogens with zero attached hydrogens (tertiary/aromatic N) is 4. The SMILES string of the molecule is CCC(O)N(CC(C)(C)N1CCN(CCc2ccccc2)CC1)c1ccccn1. The van der Waals surface area contributed by atoms with Crippen LogP contribution in [0, 0.1) is 0 Å². The monoisotopic (exact) mass is 396 g/mol. The molecule has 1 N–H and O–H groups in total. The summed E-state index contributed by atoms with van der Waals surface area (Å²) in [4.78, 5) is 11.7. The highest BCUT2D eigenvalue weighted by Gasteiger charge is 2.33. The predicted octanol–water partition coefficient (Wildman–Crippen LogP) is 3.26. The number of aliphatic hydroxyl groups excluding tert-OH is 1. The van der Waals surface area contributed by atoms with Gasteiger partial charge in [0.15, 0.2) is 0 Å². The number of hydrogen-bond acceptors (Lipinski definition) is 5. The summed E-state index contributed by atoms with van der Waals surface area (Å²) in [6, 6.07) is 16.6. The molecule has 0 spiro atoms. The van der Waals surface area contributed by atoms with Crippen LogP contribution in [0.15, 0.2) is 54.7 Å². The summed E-state index contributed by atoms with van der Waals surface area (Å²) in [7, 11) is 0. The molecule has 1 aliphatic rings. The molecule has 0 aliphatic carbocycles. The predicted molar refractivity (Wildman–Crippen MR) is 120 cm³/mol. The fraction of sp³-hybridized carbons (Fsp3) is 0.542. The fourth-order valence-electron chi connectivity index (χ4n) is 4.11. The Labute approximate surface area is 176 Å². The summed E-state index contributed by atoms with van der Waals surface area (Å²) >= 11 is 0. The molecular weight excluding hydrogens is 360 g/mol. The van der Waals surface area contributed by atoms with Gasteiger partial charge in [-0.1, -0.05) is 43.3 Å². The number of hydrogen-bond donors (Lipinski definition) is 1. The van der Waals surface area contributed by atoms with Gasteiger partial charge in [-0.05, 0) is 44.4 Å². The van der Waals surface area contributed by atoms with E-state index >= 15 is 0 Å². The van der Waals surface area contributed by atoms with Gasteiger partial charge >= 0.3 is 0 Å². The minimum absolute atomic E-state index is 0.0425. The third kappa shape index (κ3) is 6.01. The van der Waals surface area contributed by atoms with E-state index < -0.39 is 6.23 Å². The van der Waals surface area contributed by atoms with Crippen LogP contribution in [-0.4, -0.2) is 70.9 Å². The Hall–Kier alpha value is -1.95. The lowest BCUT2D eigenvalue weighted by Crippen LogP contribution is -2.59. The normalized spacial score (nSPS) is 17.2. The van der Waals surface area contributed by atoms with Crippen LogP contribution in [0.25, 0.3) is 0 Å². The second-order valence-corrected chi connectivity index (χ2v) is 8.58. The van der Waals surface area contributed by atoms with E-state index in [-0.39, 0.29) is 5.54 Å². The number of aliphatic hydroxyl groups is 1. The Morgan fingerprint density at radius 1 is 1.03 bits per heavy atom. The Kier molecular flexibility index (Phi) is 7.64. The number of pyridine rings is 1. The molecule has 0 amide bonds. The minimum Gasteiger partial charge on any atom is -0.374 e. The molecule has 0 radical (unpaired) electrons. The van der Waals surface area contributed by atoms with Crippen molar-refractivity contribution in [1.82, 2.24) is 14.8 Å². The molecule has 158 valence electrons. The minimum atomic E-state index is -0.517. The summed E-state index contributed by atoms with van der Waals surface area (Å²) in [5.41, 5.74) is 1.37. The maximum absolute atomic E-state index is 10.6. The number of rotatable bonds is 9. The van der Waals surface area contributed by atoms with E-state index in [4.69, 9.17) is 0 Å². The van der Waals surface area contributed by atoms with E-state index in [2.05, 4.69) is 59.0 Å². The van der Waals surface area contributed by atoms with Crippen LogP contribution in [0.3, 0.4) is 0 Å². The third-order valence-electron chi connectivity index (χ3n) is 6.01. The molecule has 2 heterocycles. The zero-order valence-electron chi connectivity index (χ0n) is 18.2. The van der Waals surface area contributed by atoms with Crippen LogP contribution in [0.4, 0.5) is 5.82 Å². The maximum atomic E-state index is 10.6. The van der Waals surface area contributed by atoms with Crippen molar-refractivity contribution >= 4 is 5.82 Å². The lowest BCUT2D eigenvalue weighted by atomic mass is 9.99. The molecule has 5 heteroatoms. The average Bonchev–Trinajstić information content (AvgIpc) is 2.77. The molecule has 0 saturated carbocycles. The van der Waals surface area contributed by atoms with Crippen LogP contribution in [0.5, 0.6) is 0 Å². The Morgan fingerprint density at radius 2 is 1.72 bits per heavy atom. The molecule has 29 heavy (non-hydrogen) atoms. The largest absolute Gasteiger partial charge is 0.374 e. The quantitative estimate of drug-likeness (QED) is 0.659. The average molecular weight is 397 g/mol. The second kappa shape index (κ2) is 10.2. The van der Waals surface area contributed by atoms with Crippen molar-refractivity contribution in [2.75, 3.05) is 44.2 Å². The molecule has 2 aromatic rings. The van der Waals surface area contributed by atoms with Crippen molar-refractivity contribution in [3.63, 3.8) is 0 Å². The number of aromatic nitrogens is 1. The van der Waals surface area contributed by atoms with Gasteiger partial charge in [-0.2, -0.15) is 0 Å². The molecule has 1 aromatic heterocycles. The highest BCUT2D eigenvalue weighted by Crippen LogP contribution is 2.23. The highest BCUT2D eigenvalue weighted by atomic mass is 16.3. The van der Waals surface area contributed by atoms with E-state index in [1.54, 1.807) is 6.20 Å². The summed E-state index contributed by atoms with van der Waals surface area (Å²) in [6.07, 6.45) is 3.07.